The van der Waals surface area contributed by atoms with Gasteiger partial charge in [-0.1, -0.05) is 30.2 Å². The third-order valence-electron chi connectivity index (χ3n) is 6.27. The van der Waals surface area contributed by atoms with Crippen molar-refractivity contribution in [3.63, 3.8) is 0 Å². The van der Waals surface area contributed by atoms with E-state index >= 15 is 0 Å². The van der Waals surface area contributed by atoms with Crippen LogP contribution >= 0.6 is 0 Å². The zero-order chi connectivity index (χ0) is 26.7. The van der Waals surface area contributed by atoms with Gasteiger partial charge in [-0.2, -0.15) is 5.10 Å². The van der Waals surface area contributed by atoms with Gasteiger partial charge in [0.2, 0.25) is 5.91 Å². The molecule has 0 saturated carbocycles. The summed E-state index contributed by atoms with van der Waals surface area (Å²) in [6, 6.07) is 14.0. The number of terminal acetylenes is 1. The Kier molecular flexibility index (Phi) is 7.22. The molecule has 2 heterocycles. The Morgan fingerprint density at radius 3 is 2.49 bits per heavy atom. The second-order valence-electron chi connectivity index (χ2n) is 8.64. The van der Waals surface area contributed by atoms with E-state index in [2.05, 4.69) is 21.7 Å². The number of hydroxylamine groups is 1. The highest BCUT2D eigenvalue weighted by Crippen LogP contribution is 2.39. The SMILES string of the molecule is C#Cc1cccc(C2C(C(=O)Nc3ccc(C4=NN([O-])C(=O)CC4)cc3)=C(C)NC(C)=C2C(=O)OC)c1. The van der Waals surface area contributed by atoms with E-state index in [0.717, 1.165) is 0 Å². The summed E-state index contributed by atoms with van der Waals surface area (Å²) in [5, 5.41) is 21.5. The molecule has 1 unspecified atom stereocenters. The lowest BCUT2D eigenvalue weighted by atomic mass is 9.79. The van der Waals surface area contributed by atoms with Crippen LogP contribution in [0.3, 0.4) is 0 Å². The zero-order valence-corrected chi connectivity index (χ0v) is 20.6. The van der Waals surface area contributed by atoms with Crippen LogP contribution in [0.4, 0.5) is 5.69 Å². The van der Waals surface area contributed by atoms with E-state index in [0.29, 0.717) is 57.1 Å². The molecule has 4 rings (SSSR count). The second-order valence-corrected chi connectivity index (χ2v) is 8.64. The summed E-state index contributed by atoms with van der Waals surface area (Å²) in [6.45, 7) is 3.52. The molecule has 2 aliphatic rings. The second kappa shape index (κ2) is 10.5. The zero-order valence-electron chi connectivity index (χ0n) is 20.6. The highest BCUT2D eigenvalue weighted by molar-refractivity contribution is 6.09. The Balaban J connectivity index is 1.66. The molecule has 0 bridgehead atoms. The molecule has 0 aliphatic carbocycles. The van der Waals surface area contributed by atoms with Gasteiger partial charge in [0.1, 0.15) is 0 Å². The number of ether oxygens (including phenoxy) is 1. The Morgan fingerprint density at radius 2 is 1.84 bits per heavy atom. The van der Waals surface area contributed by atoms with Crippen LogP contribution in [0.25, 0.3) is 0 Å². The number of anilines is 1. The maximum Gasteiger partial charge on any atom is 0.336 e. The summed E-state index contributed by atoms with van der Waals surface area (Å²) in [4.78, 5) is 37.8. The normalized spacial score (nSPS) is 17.6. The number of carbonyl (C=O) groups excluding carboxylic acids is 3. The molecule has 2 aromatic rings. The van der Waals surface area contributed by atoms with Crippen LogP contribution in [-0.4, -0.2) is 35.8 Å². The Labute approximate surface area is 214 Å². The largest absolute Gasteiger partial charge is 0.735 e. The minimum Gasteiger partial charge on any atom is -0.735 e. The number of allylic oxidation sites excluding steroid dienone is 2. The molecule has 2 N–H and O–H groups in total. The molecule has 0 fully saturated rings. The van der Waals surface area contributed by atoms with Crippen LogP contribution in [0.5, 0.6) is 0 Å². The fourth-order valence-corrected chi connectivity index (χ4v) is 4.50. The molecular formula is C28H25N4O5-. The number of esters is 1. The summed E-state index contributed by atoms with van der Waals surface area (Å²) in [5.74, 6) is 0.348. The van der Waals surface area contributed by atoms with Crippen molar-refractivity contribution in [2.45, 2.75) is 32.6 Å². The van der Waals surface area contributed by atoms with Gasteiger partial charge in [0.05, 0.1) is 24.3 Å². The van der Waals surface area contributed by atoms with Gasteiger partial charge >= 0.3 is 5.97 Å². The van der Waals surface area contributed by atoms with Gasteiger partial charge < -0.3 is 25.7 Å². The van der Waals surface area contributed by atoms with Gasteiger partial charge in [-0.05, 0) is 49.2 Å². The van der Waals surface area contributed by atoms with Gasteiger partial charge in [0, 0.05) is 41.1 Å². The maximum absolute atomic E-state index is 13.6. The molecule has 37 heavy (non-hydrogen) atoms. The quantitative estimate of drug-likeness (QED) is 0.481. The first-order valence-electron chi connectivity index (χ1n) is 11.6. The number of hydrogen-bond acceptors (Lipinski definition) is 7. The summed E-state index contributed by atoms with van der Waals surface area (Å²) < 4.78 is 5.05. The van der Waals surface area contributed by atoms with Crippen molar-refractivity contribution in [2.75, 3.05) is 12.4 Å². The highest BCUT2D eigenvalue weighted by Gasteiger charge is 2.37. The summed E-state index contributed by atoms with van der Waals surface area (Å²) >= 11 is 0. The lowest BCUT2D eigenvalue weighted by Gasteiger charge is -2.31. The van der Waals surface area contributed by atoms with Crippen LogP contribution in [-0.2, 0) is 19.1 Å². The molecule has 0 radical (unpaired) electrons. The Morgan fingerprint density at radius 1 is 1.14 bits per heavy atom. The van der Waals surface area contributed by atoms with Gasteiger partial charge in [0.25, 0.3) is 5.91 Å². The number of amides is 2. The molecule has 9 heteroatoms. The highest BCUT2D eigenvalue weighted by atomic mass is 16.5. The fourth-order valence-electron chi connectivity index (χ4n) is 4.50. The summed E-state index contributed by atoms with van der Waals surface area (Å²) in [6.07, 6.45) is 6.06. The molecule has 9 nitrogen and oxygen atoms in total. The van der Waals surface area contributed by atoms with E-state index in [1.807, 2.05) is 6.07 Å². The van der Waals surface area contributed by atoms with Gasteiger partial charge in [-0.25, -0.2) is 4.79 Å². The van der Waals surface area contributed by atoms with Crippen molar-refractivity contribution in [3.8, 4) is 12.3 Å². The molecule has 2 amide bonds. The van der Waals surface area contributed by atoms with Gasteiger partial charge in [-0.3, -0.25) is 9.59 Å². The average molecular weight is 498 g/mol. The molecule has 2 aliphatic heterocycles. The first-order chi connectivity index (χ1) is 17.7. The Bertz CT molecular complexity index is 1410. The third kappa shape index (κ3) is 5.15. The van der Waals surface area contributed by atoms with Crippen LogP contribution < -0.4 is 10.6 Å². The van der Waals surface area contributed by atoms with Crippen LogP contribution in [0.2, 0.25) is 0 Å². The number of benzene rings is 2. The standard InChI is InChI=1S/C28H25N4O5/c1-5-18-7-6-8-20(15-18)26-24(16(2)29-17(3)25(26)28(35)37-4)27(34)30-21-11-9-19(10-12-21)22-13-14-23(33)32(36)31-22/h1,6-12,15,26,29H,13-14H2,2-4H3,(H,30,34)/q-1. The van der Waals surface area contributed by atoms with E-state index in [1.54, 1.807) is 56.3 Å². The molecule has 0 aromatic heterocycles. The molecule has 1 atom stereocenters. The molecule has 2 aromatic carbocycles. The number of dihydropyridines is 1. The van der Waals surface area contributed by atoms with Crippen molar-refractivity contribution >= 4 is 29.2 Å². The number of methoxy groups -OCH3 is 1. The number of hydrazone groups is 1. The number of rotatable bonds is 5. The fraction of sp³-hybridized carbons (Fsp3) is 0.214. The molecule has 0 saturated heterocycles. The van der Waals surface area contributed by atoms with Gasteiger partial charge in [-0.15, -0.1) is 6.42 Å². The van der Waals surface area contributed by atoms with Crippen LogP contribution in [0, 0.1) is 17.6 Å². The topological polar surface area (TPSA) is 123 Å². The molecular weight excluding hydrogens is 472 g/mol. The van der Waals surface area contributed by atoms with E-state index in [1.165, 1.54) is 7.11 Å². The number of carbonyl (C=O) groups is 3. The maximum atomic E-state index is 13.6. The minimum absolute atomic E-state index is 0.0962. The Hall–Kier alpha value is -4.68. The van der Waals surface area contributed by atoms with Crippen molar-refractivity contribution in [3.05, 3.63) is 93.0 Å². The van der Waals surface area contributed by atoms with Crippen molar-refractivity contribution in [1.29, 1.82) is 0 Å². The summed E-state index contributed by atoms with van der Waals surface area (Å²) in [7, 11) is 1.29. The van der Waals surface area contributed by atoms with Crippen LogP contribution in [0.1, 0.15) is 49.3 Å². The predicted molar refractivity (Wildman–Crippen MR) is 139 cm³/mol. The molecule has 188 valence electrons. The predicted octanol–water partition coefficient (Wildman–Crippen LogP) is 3.54. The number of nitrogens with one attached hydrogen (secondary N) is 2. The number of hydrogen-bond donors (Lipinski definition) is 2. The number of nitrogens with zero attached hydrogens (tertiary/aromatic N) is 2. The van der Waals surface area contributed by atoms with Gasteiger partial charge in [0.15, 0.2) is 0 Å². The monoisotopic (exact) mass is 497 g/mol. The summed E-state index contributed by atoms with van der Waals surface area (Å²) in [5.41, 5.74) is 4.82. The van der Waals surface area contributed by atoms with E-state index in [-0.39, 0.29) is 11.6 Å². The lowest BCUT2D eigenvalue weighted by Crippen LogP contribution is -2.33. The first-order valence-corrected chi connectivity index (χ1v) is 11.6. The van der Waals surface area contributed by atoms with Crippen molar-refractivity contribution in [1.82, 2.24) is 10.5 Å². The first kappa shape index (κ1) is 25.4. The van der Waals surface area contributed by atoms with E-state index < -0.39 is 23.7 Å². The molecule has 0 spiro atoms. The van der Waals surface area contributed by atoms with Crippen molar-refractivity contribution in [2.24, 2.45) is 5.10 Å². The lowest BCUT2D eigenvalue weighted by molar-refractivity contribution is -0.136. The third-order valence-corrected chi connectivity index (χ3v) is 6.27. The minimum atomic E-state index is -0.710. The average Bonchev–Trinajstić information content (AvgIpc) is 2.89. The smallest absolute Gasteiger partial charge is 0.336 e. The van der Waals surface area contributed by atoms with Crippen molar-refractivity contribution < 1.29 is 19.1 Å². The van der Waals surface area contributed by atoms with E-state index in [9.17, 15) is 19.6 Å². The van der Waals surface area contributed by atoms with E-state index in [4.69, 9.17) is 11.2 Å². The van der Waals surface area contributed by atoms with Crippen LogP contribution in [0.15, 0.2) is 76.2 Å².